The average Bonchev–Trinajstić information content (AvgIpc) is 1.98. The van der Waals surface area contributed by atoms with Gasteiger partial charge in [-0.05, 0) is 28.1 Å². The Morgan fingerprint density at radius 2 is 1.77 bits per heavy atom. The van der Waals surface area contributed by atoms with E-state index in [1.54, 1.807) is 0 Å². The molecule has 1 aromatic carbocycles. The monoisotopic (exact) mass is 271 g/mol. The summed E-state index contributed by atoms with van der Waals surface area (Å²) in [6.07, 6.45) is 0. The first-order chi connectivity index (χ1) is 5.84. The van der Waals surface area contributed by atoms with Crippen molar-refractivity contribution in [2.75, 3.05) is 0 Å². The summed E-state index contributed by atoms with van der Waals surface area (Å²) in [7, 11) is -4.21. The maximum absolute atomic E-state index is 12.9. The lowest BCUT2D eigenvalue weighted by Crippen LogP contribution is -2.14. The van der Waals surface area contributed by atoms with Crippen molar-refractivity contribution in [3.05, 3.63) is 28.2 Å². The number of hydrogen-bond acceptors (Lipinski definition) is 2. The van der Waals surface area contributed by atoms with E-state index in [0.717, 1.165) is 12.1 Å². The molecule has 0 heterocycles. The van der Waals surface area contributed by atoms with Crippen LogP contribution in [-0.2, 0) is 10.0 Å². The molecule has 3 nitrogen and oxygen atoms in total. The van der Waals surface area contributed by atoms with E-state index < -0.39 is 26.6 Å². The van der Waals surface area contributed by atoms with Gasteiger partial charge in [0, 0.05) is 0 Å². The second kappa shape index (κ2) is 3.32. The standard InChI is InChI=1S/C6H4BrF2NO2S/c7-3-1-2-4(13(10,11)12)6(9)5(3)8/h1-2H,(H2,10,11,12). The molecular formula is C6H4BrF2NO2S. The van der Waals surface area contributed by atoms with Crippen LogP contribution in [0.5, 0.6) is 0 Å². The van der Waals surface area contributed by atoms with Crippen LogP contribution in [0.2, 0.25) is 0 Å². The molecule has 2 N–H and O–H groups in total. The fourth-order valence-electron chi connectivity index (χ4n) is 0.728. The summed E-state index contributed by atoms with van der Waals surface area (Å²) >= 11 is 2.70. The van der Waals surface area contributed by atoms with Gasteiger partial charge in [0.05, 0.1) is 4.47 Å². The Morgan fingerprint density at radius 1 is 1.23 bits per heavy atom. The second-order valence-corrected chi connectivity index (χ2v) is 4.60. The molecule has 0 spiro atoms. The van der Waals surface area contributed by atoms with Gasteiger partial charge >= 0.3 is 0 Å². The quantitative estimate of drug-likeness (QED) is 0.785. The van der Waals surface area contributed by atoms with Gasteiger partial charge in [-0.1, -0.05) is 0 Å². The smallest absolute Gasteiger partial charge is 0.225 e. The van der Waals surface area contributed by atoms with Gasteiger partial charge in [0.15, 0.2) is 11.6 Å². The van der Waals surface area contributed by atoms with Crippen LogP contribution in [0.4, 0.5) is 8.78 Å². The van der Waals surface area contributed by atoms with Crippen molar-refractivity contribution in [2.45, 2.75) is 4.90 Å². The summed E-state index contributed by atoms with van der Waals surface area (Å²) in [6, 6.07) is 1.95. The van der Waals surface area contributed by atoms with Crippen molar-refractivity contribution in [2.24, 2.45) is 5.14 Å². The maximum atomic E-state index is 12.9. The molecule has 0 aromatic heterocycles. The highest BCUT2D eigenvalue weighted by molar-refractivity contribution is 9.10. The molecule has 13 heavy (non-hydrogen) atoms. The van der Waals surface area contributed by atoms with Crippen LogP contribution in [0.1, 0.15) is 0 Å². The first-order valence-electron chi connectivity index (χ1n) is 3.00. The van der Waals surface area contributed by atoms with Crippen molar-refractivity contribution in [1.82, 2.24) is 0 Å². The topological polar surface area (TPSA) is 60.2 Å². The molecule has 72 valence electrons. The zero-order valence-corrected chi connectivity index (χ0v) is 8.49. The van der Waals surface area contributed by atoms with E-state index in [1.165, 1.54) is 0 Å². The number of halogens is 3. The lowest BCUT2D eigenvalue weighted by molar-refractivity contribution is 0.481. The minimum Gasteiger partial charge on any atom is -0.225 e. The molecule has 0 saturated carbocycles. The third-order valence-corrected chi connectivity index (χ3v) is 2.85. The van der Waals surface area contributed by atoms with Gasteiger partial charge in [0.1, 0.15) is 4.90 Å². The molecule has 0 bridgehead atoms. The Balaban J connectivity index is 3.53. The fourth-order valence-corrected chi connectivity index (χ4v) is 1.63. The Bertz CT molecular complexity index is 446. The molecular weight excluding hydrogens is 268 g/mol. The number of sulfonamides is 1. The first-order valence-corrected chi connectivity index (χ1v) is 5.34. The van der Waals surface area contributed by atoms with Gasteiger partial charge in [-0.25, -0.2) is 22.3 Å². The van der Waals surface area contributed by atoms with E-state index in [0.29, 0.717) is 0 Å². The SMILES string of the molecule is NS(=O)(=O)c1ccc(Br)c(F)c1F. The highest BCUT2D eigenvalue weighted by atomic mass is 79.9. The maximum Gasteiger partial charge on any atom is 0.241 e. The van der Waals surface area contributed by atoms with Crippen molar-refractivity contribution in [3.63, 3.8) is 0 Å². The number of nitrogens with two attached hydrogens (primary N) is 1. The predicted octanol–water partition coefficient (Wildman–Crippen LogP) is 1.37. The minimum absolute atomic E-state index is 0.155. The summed E-state index contributed by atoms with van der Waals surface area (Å²) in [6.45, 7) is 0. The molecule has 0 saturated heterocycles. The largest absolute Gasteiger partial charge is 0.241 e. The fraction of sp³-hybridized carbons (Fsp3) is 0. The van der Waals surface area contributed by atoms with Gasteiger partial charge < -0.3 is 0 Å². The number of benzene rings is 1. The molecule has 0 unspecified atom stereocenters. The van der Waals surface area contributed by atoms with Crippen molar-refractivity contribution >= 4 is 26.0 Å². The first kappa shape index (κ1) is 10.6. The summed E-state index contributed by atoms with van der Waals surface area (Å²) in [5.41, 5.74) is 0. The molecule has 0 radical (unpaired) electrons. The molecule has 0 atom stereocenters. The lowest BCUT2D eigenvalue weighted by atomic mass is 10.3. The van der Waals surface area contributed by atoms with Crippen LogP contribution >= 0.6 is 15.9 Å². The van der Waals surface area contributed by atoms with Gasteiger partial charge in [0.2, 0.25) is 10.0 Å². The predicted molar refractivity (Wildman–Crippen MR) is 45.4 cm³/mol. The average molecular weight is 272 g/mol. The number of hydrogen-bond donors (Lipinski definition) is 1. The third-order valence-electron chi connectivity index (χ3n) is 1.31. The van der Waals surface area contributed by atoms with Gasteiger partial charge in [-0.15, -0.1) is 0 Å². The summed E-state index contributed by atoms with van der Waals surface area (Å²) in [5, 5.41) is 4.63. The van der Waals surface area contributed by atoms with Gasteiger partial charge in [-0.3, -0.25) is 0 Å². The van der Waals surface area contributed by atoms with Crippen LogP contribution in [0.3, 0.4) is 0 Å². The molecule has 0 aliphatic rings. The van der Waals surface area contributed by atoms with Gasteiger partial charge in [-0.2, -0.15) is 0 Å². The zero-order chi connectivity index (χ0) is 10.2. The van der Waals surface area contributed by atoms with Crippen molar-refractivity contribution in [1.29, 1.82) is 0 Å². The molecule has 1 aromatic rings. The van der Waals surface area contributed by atoms with Crippen LogP contribution in [0.15, 0.2) is 21.5 Å². The Kier molecular flexibility index (Phi) is 2.69. The van der Waals surface area contributed by atoms with Crippen molar-refractivity contribution < 1.29 is 17.2 Å². The Morgan fingerprint density at radius 3 is 2.23 bits per heavy atom. The van der Waals surface area contributed by atoms with Crippen LogP contribution < -0.4 is 5.14 Å². The molecule has 0 amide bonds. The van der Waals surface area contributed by atoms with E-state index in [1.807, 2.05) is 0 Å². The number of primary sulfonamides is 1. The van der Waals surface area contributed by atoms with Gasteiger partial charge in [0.25, 0.3) is 0 Å². The van der Waals surface area contributed by atoms with Crippen LogP contribution in [0, 0.1) is 11.6 Å². The van der Waals surface area contributed by atoms with E-state index in [9.17, 15) is 17.2 Å². The van der Waals surface area contributed by atoms with E-state index in [-0.39, 0.29) is 4.47 Å². The third kappa shape index (κ3) is 2.04. The highest BCUT2D eigenvalue weighted by Gasteiger charge is 2.19. The Hall–Kier alpha value is -0.530. The van der Waals surface area contributed by atoms with Crippen molar-refractivity contribution in [3.8, 4) is 0 Å². The van der Waals surface area contributed by atoms with Crippen LogP contribution in [0.25, 0.3) is 0 Å². The minimum atomic E-state index is -4.21. The lowest BCUT2D eigenvalue weighted by Gasteiger charge is -2.01. The second-order valence-electron chi connectivity index (χ2n) is 2.22. The highest BCUT2D eigenvalue weighted by Crippen LogP contribution is 2.22. The molecule has 0 aliphatic carbocycles. The van der Waals surface area contributed by atoms with Crippen LogP contribution in [-0.4, -0.2) is 8.42 Å². The van der Waals surface area contributed by atoms with E-state index >= 15 is 0 Å². The number of rotatable bonds is 1. The molecule has 0 fully saturated rings. The van der Waals surface area contributed by atoms with E-state index in [4.69, 9.17) is 0 Å². The summed E-state index contributed by atoms with van der Waals surface area (Å²) in [5.74, 6) is -2.75. The normalized spacial score (nSPS) is 11.7. The molecule has 0 aliphatic heterocycles. The Labute approximate surface area is 81.7 Å². The molecule has 1 rings (SSSR count). The molecule has 7 heteroatoms. The zero-order valence-electron chi connectivity index (χ0n) is 6.09. The summed E-state index contributed by atoms with van der Waals surface area (Å²) < 4.78 is 46.9. The van der Waals surface area contributed by atoms with E-state index in [2.05, 4.69) is 21.1 Å². The summed E-state index contributed by atoms with van der Waals surface area (Å²) in [4.78, 5) is -0.854.